The van der Waals surface area contributed by atoms with Gasteiger partial charge in [0.2, 0.25) is 0 Å². The number of nitrogens with one attached hydrogen (secondary N) is 1. The van der Waals surface area contributed by atoms with E-state index in [1.807, 2.05) is 0 Å². The van der Waals surface area contributed by atoms with Gasteiger partial charge < -0.3 is 10.1 Å². The Morgan fingerprint density at radius 2 is 1.88 bits per heavy atom. The van der Waals surface area contributed by atoms with Gasteiger partial charge in [0, 0.05) is 18.0 Å². The van der Waals surface area contributed by atoms with Gasteiger partial charge in [-0.15, -0.1) is 11.6 Å². The Labute approximate surface area is 103 Å². The molecule has 3 heteroatoms. The maximum atomic E-state index is 6.27. The van der Waals surface area contributed by atoms with Crippen molar-refractivity contribution in [2.45, 2.75) is 68.6 Å². The van der Waals surface area contributed by atoms with Gasteiger partial charge in [-0.3, -0.25) is 0 Å². The molecular weight excluding hydrogens is 222 g/mol. The van der Waals surface area contributed by atoms with E-state index in [-0.39, 0.29) is 11.1 Å². The van der Waals surface area contributed by atoms with Crippen molar-refractivity contribution in [2.24, 2.45) is 0 Å². The van der Waals surface area contributed by atoms with E-state index in [9.17, 15) is 0 Å². The van der Waals surface area contributed by atoms with Crippen LogP contribution < -0.4 is 5.32 Å². The molecule has 0 aromatic rings. The van der Waals surface area contributed by atoms with Gasteiger partial charge >= 0.3 is 0 Å². The molecule has 0 bridgehead atoms. The highest BCUT2D eigenvalue weighted by Crippen LogP contribution is 2.43. The van der Waals surface area contributed by atoms with Crippen molar-refractivity contribution in [3.8, 4) is 0 Å². The Morgan fingerprint density at radius 3 is 2.50 bits per heavy atom. The van der Waals surface area contributed by atoms with Crippen LogP contribution in [-0.4, -0.2) is 29.7 Å². The molecule has 2 saturated carbocycles. The summed E-state index contributed by atoms with van der Waals surface area (Å²) in [5.41, 5.74) is 0.556. The Morgan fingerprint density at radius 1 is 1.12 bits per heavy atom. The Hall–Kier alpha value is 0.210. The van der Waals surface area contributed by atoms with Crippen molar-refractivity contribution in [3.63, 3.8) is 0 Å². The molecular formula is C13H22ClNO. The van der Waals surface area contributed by atoms with E-state index in [1.165, 1.54) is 51.4 Å². The lowest BCUT2D eigenvalue weighted by Crippen LogP contribution is -2.39. The van der Waals surface area contributed by atoms with Gasteiger partial charge in [-0.2, -0.15) is 0 Å². The predicted octanol–water partition coefficient (Wildman–Crippen LogP) is 2.84. The van der Waals surface area contributed by atoms with E-state index in [1.54, 1.807) is 0 Å². The van der Waals surface area contributed by atoms with Gasteiger partial charge in [0.05, 0.1) is 11.7 Å². The largest absolute Gasteiger partial charge is 0.370 e. The van der Waals surface area contributed by atoms with Crippen LogP contribution in [0.1, 0.15) is 51.4 Å². The van der Waals surface area contributed by atoms with Crippen LogP contribution in [0.25, 0.3) is 0 Å². The molecule has 1 atom stereocenters. The summed E-state index contributed by atoms with van der Waals surface area (Å²) >= 11 is 5.96. The van der Waals surface area contributed by atoms with E-state index in [4.69, 9.17) is 16.3 Å². The third-order valence-corrected chi connectivity index (χ3v) is 5.18. The van der Waals surface area contributed by atoms with Gasteiger partial charge in [-0.05, 0) is 38.5 Å². The number of hydrogen-bond donors (Lipinski definition) is 1. The van der Waals surface area contributed by atoms with Crippen LogP contribution in [0.3, 0.4) is 0 Å². The molecule has 0 aromatic heterocycles. The number of hydrogen-bond acceptors (Lipinski definition) is 2. The normalized spacial score (nSPS) is 34.7. The molecule has 2 nitrogen and oxygen atoms in total. The van der Waals surface area contributed by atoms with Crippen LogP contribution in [-0.2, 0) is 4.74 Å². The van der Waals surface area contributed by atoms with Crippen LogP contribution in [0, 0.1) is 0 Å². The number of ether oxygens (including phenoxy) is 1. The zero-order chi connectivity index (χ0) is 11.1. The van der Waals surface area contributed by atoms with Gasteiger partial charge in [0.25, 0.3) is 0 Å². The average molecular weight is 244 g/mol. The summed E-state index contributed by atoms with van der Waals surface area (Å²) in [6.07, 6.45) is 10.8. The van der Waals surface area contributed by atoms with Gasteiger partial charge in [-0.1, -0.05) is 12.8 Å². The minimum Gasteiger partial charge on any atom is -0.370 e. The molecule has 0 radical (unpaired) electrons. The standard InChI is InChI=1S/C13H22ClNO/c14-10-12(7-8-12)15-9-11-3-6-13(16-11)4-1-2-5-13/h11,15H,1-10H2. The maximum absolute atomic E-state index is 6.27. The SMILES string of the molecule is ClCC1(NCC2CCC3(CCCC3)O2)CC1. The van der Waals surface area contributed by atoms with Crippen LogP contribution in [0.4, 0.5) is 0 Å². The van der Waals surface area contributed by atoms with Crippen molar-refractivity contribution >= 4 is 11.6 Å². The Bertz CT molecular complexity index is 259. The third kappa shape index (κ3) is 2.12. The summed E-state index contributed by atoms with van der Waals surface area (Å²) < 4.78 is 6.27. The molecule has 3 rings (SSSR count). The fourth-order valence-electron chi connectivity index (χ4n) is 3.27. The quantitative estimate of drug-likeness (QED) is 0.767. The molecule has 1 N–H and O–H groups in total. The molecule has 0 amide bonds. The van der Waals surface area contributed by atoms with Gasteiger partial charge in [0.1, 0.15) is 0 Å². The first-order valence-corrected chi connectivity index (χ1v) is 7.28. The fraction of sp³-hybridized carbons (Fsp3) is 1.00. The molecule has 3 fully saturated rings. The Kier molecular flexibility index (Phi) is 2.93. The second-order valence-electron chi connectivity index (χ2n) is 5.96. The van der Waals surface area contributed by atoms with Crippen molar-refractivity contribution < 1.29 is 4.74 Å². The van der Waals surface area contributed by atoms with Crippen LogP contribution >= 0.6 is 11.6 Å². The van der Waals surface area contributed by atoms with Gasteiger partial charge in [0.15, 0.2) is 0 Å². The van der Waals surface area contributed by atoms with Crippen LogP contribution in [0.5, 0.6) is 0 Å². The first-order valence-electron chi connectivity index (χ1n) is 6.75. The lowest BCUT2D eigenvalue weighted by Gasteiger charge is -2.25. The summed E-state index contributed by atoms with van der Waals surface area (Å²) in [4.78, 5) is 0. The molecule has 0 aromatic carbocycles. The second kappa shape index (κ2) is 4.15. The minimum atomic E-state index is 0.274. The molecule has 1 spiro atoms. The molecule has 1 saturated heterocycles. The lowest BCUT2D eigenvalue weighted by atomic mass is 9.98. The summed E-state index contributed by atoms with van der Waals surface area (Å²) in [5.74, 6) is 0.755. The summed E-state index contributed by atoms with van der Waals surface area (Å²) in [5, 5.41) is 3.61. The van der Waals surface area contributed by atoms with Crippen LogP contribution in [0.2, 0.25) is 0 Å². The predicted molar refractivity (Wildman–Crippen MR) is 66.0 cm³/mol. The highest BCUT2D eigenvalue weighted by atomic mass is 35.5. The molecule has 16 heavy (non-hydrogen) atoms. The van der Waals surface area contributed by atoms with Crippen molar-refractivity contribution in [1.82, 2.24) is 5.32 Å². The average Bonchev–Trinajstić information content (AvgIpc) is 2.78. The number of alkyl halides is 1. The van der Waals surface area contributed by atoms with E-state index in [0.29, 0.717) is 6.10 Å². The summed E-state index contributed by atoms with van der Waals surface area (Å²) in [7, 11) is 0. The lowest BCUT2D eigenvalue weighted by molar-refractivity contribution is -0.0359. The molecule has 1 heterocycles. The van der Waals surface area contributed by atoms with Crippen molar-refractivity contribution in [2.75, 3.05) is 12.4 Å². The van der Waals surface area contributed by atoms with Crippen LogP contribution in [0.15, 0.2) is 0 Å². The Balaban J connectivity index is 1.47. The number of halogens is 1. The zero-order valence-corrected chi connectivity index (χ0v) is 10.7. The van der Waals surface area contributed by atoms with E-state index < -0.39 is 0 Å². The summed E-state index contributed by atoms with van der Waals surface area (Å²) in [6.45, 7) is 1.01. The summed E-state index contributed by atoms with van der Waals surface area (Å²) in [6, 6.07) is 0. The first kappa shape index (κ1) is 11.3. The smallest absolute Gasteiger partial charge is 0.0708 e. The molecule has 1 unspecified atom stereocenters. The van der Waals surface area contributed by atoms with E-state index in [2.05, 4.69) is 5.32 Å². The fourth-order valence-corrected chi connectivity index (χ4v) is 3.63. The highest BCUT2D eigenvalue weighted by Gasteiger charge is 2.45. The van der Waals surface area contributed by atoms with Crippen molar-refractivity contribution in [1.29, 1.82) is 0 Å². The zero-order valence-electron chi connectivity index (χ0n) is 9.93. The van der Waals surface area contributed by atoms with Crippen molar-refractivity contribution in [3.05, 3.63) is 0 Å². The highest BCUT2D eigenvalue weighted by molar-refractivity contribution is 6.18. The third-order valence-electron chi connectivity index (χ3n) is 4.67. The topological polar surface area (TPSA) is 21.3 Å². The first-order chi connectivity index (χ1) is 7.76. The minimum absolute atomic E-state index is 0.274. The molecule has 3 aliphatic rings. The van der Waals surface area contributed by atoms with Gasteiger partial charge in [-0.25, -0.2) is 0 Å². The number of rotatable bonds is 4. The molecule has 2 aliphatic carbocycles. The maximum Gasteiger partial charge on any atom is 0.0708 e. The monoisotopic (exact) mass is 243 g/mol. The van der Waals surface area contributed by atoms with E-state index >= 15 is 0 Å². The molecule has 92 valence electrons. The second-order valence-corrected chi connectivity index (χ2v) is 6.23. The van der Waals surface area contributed by atoms with E-state index in [0.717, 1.165) is 12.4 Å². The molecule has 1 aliphatic heterocycles.